The zero-order valence-electron chi connectivity index (χ0n) is 12.3. The molecule has 0 unspecified atom stereocenters. The molecule has 1 aliphatic rings. The number of rotatable bonds is 3. The number of piperazine rings is 1. The van der Waals surface area contributed by atoms with Gasteiger partial charge in [0.2, 0.25) is 0 Å². The normalized spacial score (nSPS) is 16.4. The fraction of sp³-hybridized carbons (Fsp3) is 0.312. The standard InChI is InChI=1S/C16H17BrN4S/c17-13-3-1-12(2-4-13)15-14(11-20-7-5-18-6-8-20)21-9-10-22-16(21)19-15/h1-4,9-10,18H,5-8,11H2/p+2. The molecule has 0 spiro atoms. The number of hydrogen-bond acceptors (Lipinski definition) is 2. The number of halogens is 1. The third kappa shape index (κ3) is 2.72. The van der Waals surface area contributed by atoms with Crippen molar-refractivity contribution in [3.05, 3.63) is 46.0 Å². The molecule has 3 aromatic rings. The minimum absolute atomic E-state index is 1.05. The molecule has 0 amide bonds. The fourth-order valence-corrected chi connectivity index (χ4v) is 4.13. The number of quaternary nitrogens is 2. The average molecular weight is 379 g/mol. The summed E-state index contributed by atoms with van der Waals surface area (Å²) in [6, 6.07) is 8.49. The molecular weight excluding hydrogens is 360 g/mol. The predicted octanol–water partition coefficient (Wildman–Crippen LogP) is 0.787. The molecule has 22 heavy (non-hydrogen) atoms. The summed E-state index contributed by atoms with van der Waals surface area (Å²) >= 11 is 5.22. The van der Waals surface area contributed by atoms with Crippen molar-refractivity contribution >= 4 is 32.2 Å². The minimum Gasteiger partial charge on any atom is -0.337 e. The van der Waals surface area contributed by atoms with E-state index >= 15 is 0 Å². The number of thiazole rings is 1. The Balaban J connectivity index is 1.75. The first-order valence-electron chi connectivity index (χ1n) is 7.67. The van der Waals surface area contributed by atoms with Crippen LogP contribution >= 0.6 is 27.3 Å². The first kappa shape index (κ1) is 14.4. The van der Waals surface area contributed by atoms with Gasteiger partial charge in [-0.3, -0.25) is 4.40 Å². The van der Waals surface area contributed by atoms with Gasteiger partial charge in [0, 0.05) is 21.6 Å². The van der Waals surface area contributed by atoms with Crippen LogP contribution in [0.15, 0.2) is 40.3 Å². The van der Waals surface area contributed by atoms with Crippen LogP contribution in [-0.4, -0.2) is 35.6 Å². The van der Waals surface area contributed by atoms with E-state index in [9.17, 15) is 0 Å². The number of hydrogen-bond donors (Lipinski definition) is 2. The zero-order valence-corrected chi connectivity index (χ0v) is 14.7. The van der Waals surface area contributed by atoms with Crippen LogP contribution in [0.2, 0.25) is 0 Å². The Bertz CT molecular complexity index is 771. The smallest absolute Gasteiger partial charge is 0.194 e. The Labute approximate surface area is 141 Å². The van der Waals surface area contributed by atoms with E-state index in [0.717, 1.165) is 21.7 Å². The predicted molar refractivity (Wildman–Crippen MR) is 92.3 cm³/mol. The van der Waals surface area contributed by atoms with Gasteiger partial charge in [-0.25, -0.2) is 4.98 Å². The summed E-state index contributed by atoms with van der Waals surface area (Å²) in [6.07, 6.45) is 2.15. The molecule has 0 aliphatic carbocycles. The quantitative estimate of drug-likeness (QED) is 0.694. The summed E-state index contributed by atoms with van der Waals surface area (Å²) in [7, 11) is 0. The summed E-state index contributed by atoms with van der Waals surface area (Å²) in [4.78, 5) is 7.64. The van der Waals surface area contributed by atoms with E-state index in [-0.39, 0.29) is 0 Å². The van der Waals surface area contributed by atoms with Crippen LogP contribution in [0.3, 0.4) is 0 Å². The van der Waals surface area contributed by atoms with Gasteiger partial charge < -0.3 is 10.2 Å². The highest BCUT2D eigenvalue weighted by atomic mass is 79.9. The second-order valence-corrected chi connectivity index (χ2v) is 7.55. The number of nitrogens with two attached hydrogens (primary N) is 1. The number of imidazole rings is 1. The van der Waals surface area contributed by atoms with Crippen molar-refractivity contribution in [2.75, 3.05) is 26.2 Å². The van der Waals surface area contributed by atoms with E-state index in [1.165, 1.54) is 37.4 Å². The Hall–Kier alpha value is -1.21. The minimum atomic E-state index is 1.05. The largest absolute Gasteiger partial charge is 0.337 e. The molecule has 114 valence electrons. The Morgan fingerprint density at radius 1 is 1.23 bits per heavy atom. The second kappa shape index (κ2) is 6.12. The van der Waals surface area contributed by atoms with Crippen molar-refractivity contribution in [1.29, 1.82) is 0 Å². The van der Waals surface area contributed by atoms with E-state index in [1.807, 2.05) is 0 Å². The van der Waals surface area contributed by atoms with E-state index in [1.54, 1.807) is 16.2 Å². The lowest BCUT2D eigenvalue weighted by Gasteiger charge is -2.22. The van der Waals surface area contributed by atoms with Crippen molar-refractivity contribution in [1.82, 2.24) is 9.38 Å². The van der Waals surface area contributed by atoms with Gasteiger partial charge >= 0.3 is 0 Å². The van der Waals surface area contributed by atoms with Gasteiger partial charge in [0.1, 0.15) is 38.4 Å². The molecule has 1 fully saturated rings. The van der Waals surface area contributed by atoms with Crippen molar-refractivity contribution in [3.8, 4) is 11.3 Å². The Morgan fingerprint density at radius 2 is 2.00 bits per heavy atom. The summed E-state index contributed by atoms with van der Waals surface area (Å²) < 4.78 is 3.38. The maximum absolute atomic E-state index is 4.88. The van der Waals surface area contributed by atoms with Gasteiger partial charge in [0.15, 0.2) is 4.96 Å². The van der Waals surface area contributed by atoms with Crippen LogP contribution in [-0.2, 0) is 6.54 Å². The van der Waals surface area contributed by atoms with Gasteiger partial charge in [-0.05, 0) is 12.1 Å². The molecule has 0 saturated carbocycles. The lowest BCUT2D eigenvalue weighted by Crippen LogP contribution is -3.19. The van der Waals surface area contributed by atoms with Crippen LogP contribution in [0, 0.1) is 0 Å². The van der Waals surface area contributed by atoms with Gasteiger partial charge in [-0.2, -0.15) is 0 Å². The monoisotopic (exact) mass is 378 g/mol. The number of benzene rings is 1. The van der Waals surface area contributed by atoms with Crippen molar-refractivity contribution in [2.24, 2.45) is 0 Å². The molecule has 6 heteroatoms. The Morgan fingerprint density at radius 3 is 2.77 bits per heavy atom. The first-order chi connectivity index (χ1) is 10.8. The summed E-state index contributed by atoms with van der Waals surface area (Å²) in [6.45, 7) is 5.98. The van der Waals surface area contributed by atoms with E-state index < -0.39 is 0 Å². The van der Waals surface area contributed by atoms with E-state index in [0.29, 0.717) is 0 Å². The van der Waals surface area contributed by atoms with Crippen LogP contribution in [0.1, 0.15) is 5.69 Å². The molecule has 0 bridgehead atoms. The molecule has 2 aromatic heterocycles. The molecule has 0 atom stereocenters. The first-order valence-corrected chi connectivity index (χ1v) is 9.34. The van der Waals surface area contributed by atoms with E-state index in [4.69, 9.17) is 4.98 Å². The molecule has 1 aliphatic heterocycles. The number of fused-ring (bicyclic) bond motifs is 1. The third-order valence-electron chi connectivity index (χ3n) is 4.30. The SMILES string of the molecule is Brc1ccc(-c2nc3sccn3c2C[NH+]2CC[NH2+]CC2)cc1. The van der Waals surface area contributed by atoms with Crippen LogP contribution in [0.25, 0.3) is 16.2 Å². The molecule has 1 saturated heterocycles. The second-order valence-electron chi connectivity index (χ2n) is 5.76. The molecule has 0 radical (unpaired) electrons. The molecule has 1 aromatic carbocycles. The van der Waals surface area contributed by atoms with Gasteiger partial charge in [-0.1, -0.05) is 28.1 Å². The lowest BCUT2D eigenvalue weighted by molar-refractivity contribution is -0.958. The van der Waals surface area contributed by atoms with Crippen molar-refractivity contribution in [2.45, 2.75) is 6.54 Å². The average Bonchev–Trinajstić information content (AvgIpc) is 3.12. The number of aromatic nitrogens is 2. The highest BCUT2D eigenvalue weighted by molar-refractivity contribution is 9.10. The maximum Gasteiger partial charge on any atom is 0.194 e. The molecular formula is C16H19BrN4S+2. The summed E-state index contributed by atoms with van der Waals surface area (Å²) in [5, 5.41) is 4.53. The lowest BCUT2D eigenvalue weighted by atomic mass is 10.1. The molecule has 4 nitrogen and oxygen atoms in total. The fourth-order valence-electron chi connectivity index (χ4n) is 3.14. The molecule has 3 heterocycles. The van der Waals surface area contributed by atoms with Crippen molar-refractivity contribution < 1.29 is 10.2 Å². The molecule has 3 N–H and O–H groups in total. The van der Waals surface area contributed by atoms with Crippen LogP contribution in [0.4, 0.5) is 0 Å². The third-order valence-corrected chi connectivity index (χ3v) is 5.59. The number of nitrogens with zero attached hydrogens (tertiary/aromatic N) is 2. The highest BCUT2D eigenvalue weighted by Crippen LogP contribution is 2.27. The summed E-state index contributed by atoms with van der Waals surface area (Å²) in [5.74, 6) is 0. The molecule has 4 rings (SSSR count). The zero-order chi connectivity index (χ0) is 14.9. The highest BCUT2D eigenvalue weighted by Gasteiger charge is 2.22. The van der Waals surface area contributed by atoms with E-state index in [2.05, 4.69) is 61.5 Å². The maximum atomic E-state index is 4.88. The van der Waals surface area contributed by atoms with Gasteiger partial charge in [-0.15, -0.1) is 11.3 Å². The van der Waals surface area contributed by atoms with Crippen LogP contribution in [0.5, 0.6) is 0 Å². The van der Waals surface area contributed by atoms with Crippen molar-refractivity contribution in [3.63, 3.8) is 0 Å². The Kier molecular flexibility index (Phi) is 4.00. The van der Waals surface area contributed by atoms with Crippen LogP contribution < -0.4 is 10.2 Å². The van der Waals surface area contributed by atoms with Gasteiger partial charge in [0.25, 0.3) is 0 Å². The summed E-state index contributed by atoms with van der Waals surface area (Å²) in [5.41, 5.74) is 3.69. The topological polar surface area (TPSA) is 38.4 Å². The van der Waals surface area contributed by atoms with Gasteiger partial charge in [0.05, 0.1) is 5.69 Å². The number of nitrogens with one attached hydrogen (secondary N) is 1.